The summed E-state index contributed by atoms with van der Waals surface area (Å²) < 4.78 is 32.5. The number of ether oxygens (including phenoxy) is 6. The molecule has 1 heterocycles. The van der Waals surface area contributed by atoms with Crippen molar-refractivity contribution in [2.75, 3.05) is 41.8 Å². The van der Waals surface area contributed by atoms with Crippen molar-refractivity contribution in [1.82, 2.24) is 0 Å². The van der Waals surface area contributed by atoms with Crippen molar-refractivity contribution in [3.05, 3.63) is 41.0 Å². The average molecular weight is 446 g/mol. The highest BCUT2D eigenvalue weighted by Gasteiger charge is 2.48. The third-order valence-electron chi connectivity index (χ3n) is 6.19. The van der Waals surface area contributed by atoms with Crippen LogP contribution in [0.5, 0.6) is 28.7 Å². The lowest BCUT2D eigenvalue weighted by Crippen LogP contribution is -2.41. The summed E-state index contributed by atoms with van der Waals surface area (Å²) in [6.45, 7) is -0.358. The minimum atomic E-state index is -1.10. The molecule has 2 aromatic rings. The summed E-state index contributed by atoms with van der Waals surface area (Å²) in [4.78, 5) is 13.0. The summed E-state index contributed by atoms with van der Waals surface area (Å²) in [5, 5.41) is 21.2. The number of aliphatic hydroxyl groups is 2. The summed E-state index contributed by atoms with van der Waals surface area (Å²) >= 11 is 0. The van der Waals surface area contributed by atoms with Crippen LogP contribution in [0.3, 0.4) is 0 Å². The van der Waals surface area contributed by atoms with Crippen molar-refractivity contribution in [3.8, 4) is 28.7 Å². The van der Waals surface area contributed by atoms with E-state index in [1.807, 2.05) is 0 Å². The highest BCUT2D eigenvalue weighted by atomic mass is 16.7. The second-order valence-electron chi connectivity index (χ2n) is 7.61. The van der Waals surface area contributed by atoms with Gasteiger partial charge in [0, 0.05) is 18.4 Å². The first-order chi connectivity index (χ1) is 15.5. The molecule has 4 rings (SSSR count). The van der Waals surface area contributed by atoms with E-state index in [0.717, 1.165) is 0 Å². The Hall–Kier alpha value is -3.17. The maximum atomic E-state index is 13.0. The number of esters is 1. The first kappa shape index (κ1) is 22.0. The van der Waals surface area contributed by atoms with Crippen LogP contribution < -0.4 is 23.7 Å². The average Bonchev–Trinajstić information content (AvgIpc) is 3.28. The Kier molecular flexibility index (Phi) is 6.03. The van der Waals surface area contributed by atoms with Gasteiger partial charge in [-0.1, -0.05) is 0 Å². The summed E-state index contributed by atoms with van der Waals surface area (Å²) in [5.41, 5.74) is 1.88. The predicted octanol–water partition coefficient (Wildman–Crippen LogP) is 2.02. The number of aliphatic hydroxyl groups excluding tert-OH is 2. The Labute approximate surface area is 185 Å². The molecule has 0 amide bonds. The Balaban J connectivity index is 1.99. The van der Waals surface area contributed by atoms with Crippen molar-refractivity contribution in [1.29, 1.82) is 0 Å². The third kappa shape index (κ3) is 3.37. The molecular weight excluding hydrogens is 420 g/mol. The third-order valence-corrected chi connectivity index (χ3v) is 6.19. The summed E-state index contributed by atoms with van der Waals surface area (Å²) in [5.74, 6) is -0.576. The van der Waals surface area contributed by atoms with E-state index < -0.39 is 36.4 Å². The molecule has 2 N–H and O–H groups in total. The van der Waals surface area contributed by atoms with Crippen LogP contribution in [0.1, 0.15) is 28.7 Å². The Morgan fingerprint density at radius 2 is 1.56 bits per heavy atom. The molecule has 0 saturated carbocycles. The molecule has 1 aliphatic carbocycles. The van der Waals surface area contributed by atoms with E-state index in [-0.39, 0.29) is 6.79 Å². The molecule has 0 radical (unpaired) electrons. The number of fused-ring (bicyclic) bond motifs is 2. The number of methoxy groups -OCH3 is 4. The lowest BCUT2D eigenvalue weighted by atomic mass is 9.65. The van der Waals surface area contributed by atoms with Gasteiger partial charge in [0.15, 0.2) is 23.0 Å². The Morgan fingerprint density at radius 1 is 0.969 bits per heavy atom. The summed E-state index contributed by atoms with van der Waals surface area (Å²) in [6.07, 6.45) is -1.10. The summed E-state index contributed by atoms with van der Waals surface area (Å²) in [7, 11) is 5.80. The van der Waals surface area contributed by atoms with E-state index in [1.165, 1.54) is 28.4 Å². The lowest BCUT2D eigenvalue weighted by molar-refractivity contribution is -0.152. The fourth-order valence-corrected chi connectivity index (χ4v) is 4.69. The minimum absolute atomic E-state index is 0.0625. The van der Waals surface area contributed by atoms with Crippen LogP contribution in [0.2, 0.25) is 0 Å². The first-order valence-electron chi connectivity index (χ1n) is 10.1. The van der Waals surface area contributed by atoms with E-state index in [9.17, 15) is 15.0 Å². The fourth-order valence-electron chi connectivity index (χ4n) is 4.69. The second-order valence-corrected chi connectivity index (χ2v) is 7.61. The van der Waals surface area contributed by atoms with Crippen molar-refractivity contribution in [2.45, 2.75) is 12.0 Å². The largest absolute Gasteiger partial charge is 0.493 e. The monoisotopic (exact) mass is 446 g/mol. The Bertz CT molecular complexity index is 994. The number of carbonyl (C=O) groups is 1. The van der Waals surface area contributed by atoms with E-state index in [2.05, 4.69) is 0 Å². The SMILES string of the molecule is COC(=O)[C@@H]1[C@@H](c2cc(OC)c(OC)c(OC)c2)c2cc3c(cc2[C@H](O)[C@H]1CO)OCO3. The zero-order valence-electron chi connectivity index (χ0n) is 18.3. The van der Waals surface area contributed by atoms with Crippen LogP contribution in [-0.4, -0.2) is 58.0 Å². The van der Waals surface area contributed by atoms with E-state index >= 15 is 0 Å². The van der Waals surface area contributed by atoms with Gasteiger partial charge in [0.25, 0.3) is 0 Å². The molecule has 1 aliphatic heterocycles. The predicted molar refractivity (Wildman–Crippen MR) is 112 cm³/mol. The van der Waals surface area contributed by atoms with Gasteiger partial charge in [-0.25, -0.2) is 0 Å². The topological polar surface area (TPSA) is 113 Å². The van der Waals surface area contributed by atoms with E-state index in [4.69, 9.17) is 28.4 Å². The van der Waals surface area contributed by atoms with Gasteiger partial charge in [0.1, 0.15) is 0 Å². The maximum Gasteiger partial charge on any atom is 0.310 e. The van der Waals surface area contributed by atoms with Gasteiger partial charge in [0.05, 0.1) is 40.5 Å². The van der Waals surface area contributed by atoms with Gasteiger partial charge >= 0.3 is 5.97 Å². The molecule has 4 atom stereocenters. The second kappa shape index (κ2) is 8.76. The molecule has 2 aromatic carbocycles. The lowest BCUT2D eigenvalue weighted by Gasteiger charge is -2.40. The summed E-state index contributed by atoms with van der Waals surface area (Å²) in [6, 6.07) is 6.96. The van der Waals surface area contributed by atoms with Gasteiger partial charge in [-0.05, 0) is 41.0 Å². The molecule has 0 aromatic heterocycles. The molecule has 9 heteroatoms. The molecule has 0 saturated heterocycles. The molecule has 0 bridgehead atoms. The van der Waals surface area contributed by atoms with Crippen LogP contribution in [0.4, 0.5) is 0 Å². The van der Waals surface area contributed by atoms with Gasteiger partial charge in [0.2, 0.25) is 12.5 Å². The van der Waals surface area contributed by atoms with Gasteiger partial charge in [-0.3, -0.25) is 4.79 Å². The van der Waals surface area contributed by atoms with Gasteiger partial charge in [-0.15, -0.1) is 0 Å². The minimum Gasteiger partial charge on any atom is -0.493 e. The normalized spacial score (nSPS) is 23.3. The zero-order chi connectivity index (χ0) is 23.0. The molecule has 9 nitrogen and oxygen atoms in total. The smallest absolute Gasteiger partial charge is 0.310 e. The number of hydrogen-bond donors (Lipinski definition) is 2. The highest BCUT2D eigenvalue weighted by molar-refractivity contribution is 5.77. The van der Waals surface area contributed by atoms with E-state index in [1.54, 1.807) is 24.3 Å². The first-order valence-corrected chi connectivity index (χ1v) is 10.1. The quantitative estimate of drug-likeness (QED) is 0.644. The highest BCUT2D eigenvalue weighted by Crippen LogP contribution is 2.53. The number of hydrogen-bond acceptors (Lipinski definition) is 9. The fraction of sp³-hybridized carbons (Fsp3) is 0.435. The molecule has 0 spiro atoms. The van der Waals surface area contributed by atoms with Crippen LogP contribution in [0.25, 0.3) is 0 Å². The zero-order valence-corrected chi connectivity index (χ0v) is 18.3. The van der Waals surface area contributed by atoms with Gasteiger partial charge in [-0.2, -0.15) is 0 Å². The molecule has 172 valence electrons. The van der Waals surface area contributed by atoms with Gasteiger partial charge < -0.3 is 38.6 Å². The molecule has 0 fully saturated rings. The number of benzene rings is 2. The van der Waals surface area contributed by atoms with Crippen LogP contribution in [-0.2, 0) is 9.53 Å². The van der Waals surface area contributed by atoms with Crippen LogP contribution >= 0.6 is 0 Å². The number of rotatable bonds is 6. The Morgan fingerprint density at radius 3 is 2.06 bits per heavy atom. The molecular formula is C23H26O9. The van der Waals surface area contributed by atoms with Crippen LogP contribution in [0.15, 0.2) is 24.3 Å². The molecule has 2 aliphatic rings. The van der Waals surface area contributed by atoms with Crippen molar-refractivity contribution < 1.29 is 43.4 Å². The van der Waals surface area contributed by atoms with Crippen molar-refractivity contribution in [2.24, 2.45) is 11.8 Å². The number of carbonyl (C=O) groups excluding carboxylic acids is 1. The maximum absolute atomic E-state index is 13.0. The standard InChI is InChI=1S/C23H26O9/c1-27-17-5-11(6-18(28-2)22(17)29-3)19-12-7-15-16(32-10-31-15)8-13(12)21(25)14(9-24)20(19)23(26)30-4/h5-8,14,19-21,24-25H,9-10H2,1-4H3/t14-,19-,20-,21-/m0/s1. The molecule has 32 heavy (non-hydrogen) atoms. The molecule has 0 unspecified atom stereocenters. The van der Waals surface area contributed by atoms with Crippen molar-refractivity contribution in [3.63, 3.8) is 0 Å². The van der Waals surface area contributed by atoms with Crippen LogP contribution in [0, 0.1) is 11.8 Å². The van der Waals surface area contributed by atoms with Crippen molar-refractivity contribution >= 4 is 5.97 Å². The van der Waals surface area contributed by atoms with E-state index in [0.29, 0.717) is 45.4 Å².